The molecule has 4 aromatic carbocycles. The van der Waals surface area contributed by atoms with Crippen molar-refractivity contribution in [3.8, 4) is 0 Å². The summed E-state index contributed by atoms with van der Waals surface area (Å²) in [6.45, 7) is 2.66. The van der Waals surface area contributed by atoms with Gasteiger partial charge in [-0.15, -0.1) is 0 Å². The summed E-state index contributed by atoms with van der Waals surface area (Å²) in [5.74, 6) is 0. The molecule has 2 heterocycles. The van der Waals surface area contributed by atoms with Crippen LogP contribution < -0.4 is 0 Å². The van der Waals surface area contributed by atoms with E-state index in [0.717, 1.165) is 35.0 Å². The van der Waals surface area contributed by atoms with Gasteiger partial charge in [-0.1, -0.05) is 114 Å². The molecule has 1 N–H and O–H groups in total. The minimum absolute atomic E-state index is 0.264. The number of unbranched alkanes of at least 4 members (excludes halogenated alkanes) is 1. The van der Waals surface area contributed by atoms with Crippen molar-refractivity contribution in [2.75, 3.05) is 26.4 Å². The first-order chi connectivity index (χ1) is 25.3. The van der Waals surface area contributed by atoms with E-state index in [9.17, 15) is 0 Å². The van der Waals surface area contributed by atoms with E-state index < -0.39 is 30.7 Å². The zero-order valence-corrected chi connectivity index (χ0v) is 28.8. The maximum Gasteiger partial charge on any atom is 0.186 e. The Hall–Kier alpha value is -4.51. The molecule has 0 saturated carbocycles. The van der Waals surface area contributed by atoms with Crippen molar-refractivity contribution in [3.05, 3.63) is 154 Å². The molecule has 6 rings (SSSR count). The van der Waals surface area contributed by atoms with E-state index in [2.05, 4.69) is 27.1 Å². The number of nitrogens with zero attached hydrogens (tertiary/aromatic N) is 3. The minimum atomic E-state index is -0.755. The first kappa shape index (κ1) is 36.3. The molecule has 10 nitrogen and oxygen atoms in total. The number of azide groups is 1. The second-order valence-electron chi connectivity index (χ2n) is 12.5. The van der Waals surface area contributed by atoms with Crippen LogP contribution in [0, 0.1) is 0 Å². The Morgan fingerprint density at radius 1 is 0.647 bits per heavy atom. The molecule has 1 fully saturated rings. The first-order valence-electron chi connectivity index (χ1n) is 17.7. The Bertz CT molecular complexity index is 1770. The number of hydrogen-bond acceptors (Lipinski definition) is 7. The number of hydrogen-bond donors (Lipinski definition) is 1. The van der Waals surface area contributed by atoms with Gasteiger partial charge in [0.15, 0.2) is 6.29 Å². The lowest BCUT2D eigenvalue weighted by atomic mass is 9.97. The largest absolute Gasteiger partial charge is 0.379 e. The molecule has 1 saturated heterocycles. The highest BCUT2D eigenvalue weighted by atomic mass is 16.7. The Morgan fingerprint density at radius 3 is 1.88 bits per heavy atom. The Kier molecular flexibility index (Phi) is 14.1. The van der Waals surface area contributed by atoms with Gasteiger partial charge in [0.05, 0.1) is 33.0 Å². The molecule has 0 spiro atoms. The van der Waals surface area contributed by atoms with E-state index >= 15 is 0 Å². The second kappa shape index (κ2) is 19.8. The van der Waals surface area contributed by atoms with Gasteiger partial charge in [0.1, 0.15) is 24.4 Å². The van der Waals surface area contributed by atoms with Crippen molar-refractivity contribution in [2.24, 2.45) is 5.11 Å². The van der Waals surface area contributed by atoms with Gasteiger partial charge in [0, 0.05) is 35.2 Å². The summed E-state index contributed by atoms with van der Waals surface area (Å²) in [4.78, 5) is 6.20. The topological polar surface area (TPSA) is 120 Å². The molecule has 10 heteroatoms. The summed E-state index contributed by atoms with van der Waals surface area (Å²) in [6, 6.07) is 38.5. The third-order valence-electron chi connectivity index (χ3n) is 8.92. The Balaban J connectivity index is 1.25. The maximum atomic E-state index is 8.61. The lowest BCUT2D eigenvalue weighted by molar-refractivity contribution is -0.328. The van der Waals surface area contributed by atoms with E-state index in [1.807, 2.05) is 109 Å². The average Bonchev–Trinajstić information content (AvgIpc) is 3.60. The second-order valence-corrected chi connectivity index (χ2v) is 12.5. The molecule has 51 heavy (non-hydrogen) atoms. The van der Waals surface area contributed by atoms with Crippen LogP contribution in [0.5, 0.6) is 0 Å². The molecule has 0 radical (unpaired) electrons. The summed E-state index contributed by atoms with van der Waals surface area (Å²) in [5.41, 5.74) is 14.0. The van der Waals surface area contributed by atoms with Crippen molar-refractivity contribution in [3.63, 3.8) is 0 Å². The van der Waals surface area contributed by atoms with Crippen LogP contribution in [-0.2, 0) is 54.7 Å². The normalized spacial score (nSPS) is 20.3. The van der Waals surface area contributed by atoms with Crippen LogP contribution in [-0.4, -0.2) is 62.1 Å². The van der Waals surface area contributed by atoms with Crippen molar-refractivity contribution < 1.29 is 28.4 Å². The first-order valence-corrected chi connectivity index (χ1v) is 17.7. The van der Waals surface area contributed by atoms with Crippen LogP contribution in [0.15, 0.2) is 127 Å². The van der Waals surface area contributed by atoms with Crippen LogP contribution in [0.25, 0.3) is 21.3 Å². The highest BCUT2D eigenvalue weighted by molar-refractivity contribution is 5.83. The van der Waals surface area contributed by atoms with Gasteiger partial charge in [-0.2, -0.15) is 0 Å². The molecule has 0 unspecified atom stereocenters. The molecule has 1 aromatic heterocycles. The number of ether oxygens (including phenoxy) is 6. The molecule has 1 aliphatic heterocycles. The van der Waals surface area contributed by atoms with Gasteiger partial charge in [-0.25, -0.2) is 0 Å². The molecular weight excluding hydrogens is 644 g/mol. The maximum absolute atomic E-state index is 8.61. The Morgan fingerprint density at radius 2 is 1.24 bits per heavy atom. The highest BCUT2D eigenvalue weighted by Crippen LogP contribution is 2.32. The van der Waals surface area contributed by atoms with Gasteiger partial charge in [-0.05, 0) is 53.1 Å². The summed E-state index contributed by atoms with van der Waals surface area (Å²) in [6.07, 6.45) is 1.24. The molecule has 266 valence electrons. The molecular formula is C41H46N4O6. The number of benzene rings is 4. The predicted octanol–water partition coefficient (Wildman–Crippen LogP) is 8.32. The fraction of sp³-hybridized carbons (Fsp3) is 0.366. The fourth-order valence-electron chi connectivity index (χ4n) is 6.27. The van der Waals surface area contributed by atoms with Crippen molar-refractivity contribution >= 4 is 10.9 Å². The quantitative estimate of drug-likeness (QED) is 0.0380. The number of nitrogens with one attached hydrogen (secondary N) is 1. The zero-order valence-electron chi connectivity index (χ0n) is 28.8. The number of para-hydroxylation sites is 1. The summed E-state index contributed by atoms with van der Waals surface area (Å²) >= 11 is 0. The van der Waals surface area contributed by atoms with Crippen LogP contribution in [0.1, 0.15) is 35.1 Å². The lowest BCUT2D eigenvalue weighted by Gasteiger charge is -2.46. The highest BCUT2D eigenvalue weighted by Gasteiger charge is 2.49. The number of aromatic amines is 1. The summed E-state index contributed by atoms with van der Waals surface area (Å²) in [7, 11) is 0. The SMILES string of the molecule is [N-]=[N+]=NCCCCOC[C@H]1O[C@@H](OCCc2c[nH]c3ccccc23)[C@H](OCc2ccccc2)[C@@H](OCc2ccccc2)[C@@H]1OCc1ccccc1. The number of rotatable bonds is 20. The Labute approximate surface area is 299 Å². The predicted molar refractivity (Wildman–Crippen MR) is 196 cm³/mol. The van der Waals surface area contributed by atoms with Gasteiger partial charge < -0.3 is 33.4 Å². The van der Waals surface area contributed by atoms with Crippen LogP contribution in [0.2, 0.25) is 0 Å². The molecule has 0 bridgehead atoms. The van der Waals surface area contributed by atoms with Crippen LogP contribution in [0.3, 0.4) is 0 Å². The molecule has 0 amide bonds. The number of fused-ring (bicyclic) bond motifs is 1. The lowest BCUT2D eigenvalue weighted by Crippen LogP contribution is -2.61. The van der Waals surface area contributed by atoms with Gasteiger partial charge in [0.2, 0.25) is 0 Å². The summed E-state index contributed by atoms with van der Waals surface area (Å²) in [5, 5.41) is 4.81. The summed E-state index contributed by atoms with van der Waals surface area (Å²) < 4.78 is 39.8. The standard InChI is InChI=1S/C41H46N4O6/c42-45-44-23-12-13-24-46-30-37-38(48-27-31-14-4-1-5-15-31)39(49-28-32-16-6-2-7-17-32)40(50-29-33-18-8-3-9-19-33)41(51-37)47-25-22-34-26-43-36-21-11-10-20-35(34)36/h1-11,14-21,26,37-41,43H,12-13,22-25,27-30H2/t37-,38-,39+,40-,41-/m1/s1. The zero-order chi connectivity index (χ0) is 34.9. The van der Waals surface area contributed by atoms with E-state index in [4.69, 9.17) is 34.0 Å². The van der Waals surface area contributed by atoms with Gasteiger partial charge in [-0.3, -0.25) is 0 Å². The molecule has 5 aromatic rings. The fourth-order valence-corrected chi connectivity index (χ4v) is 6.27. The van der Waals surface area contributed by atoms with Crippen LogP contribution >= 0.6 is 0 Å². The molecule has 0 aliphatic carbocycles. The van der Waals surface area contributed by atoms with Gasteiger partial charge in [0.25, 0.3) is 0 Å². The molecule has 1 aliphatic rings. The van der Waals surface area contributed by atoms with E-state index in [1.165, 1.54) is 10.9 Å². The smallest absolute Gasteiger partial charge is 0.186 e. The van der Waals surface area contributed by atoms with Crippen molar-refractivity contribution in [2.45, 2.75) is 69.8 Å². The van der Waals surface area contributed by atoms with Crippen LogP contribution in [0.4, 0.5) is 0 Å². The third kappa shape index (κ3) is 10.7. The monoisotopic (exact) mass is 690 g/mol. The number of H-pyrrole nitrogens is 1. The van der Waals surface area contributed by atoms with E-state index in [0.29, 0.717) is 46.0 Å². The van der Waals surface area contributed by atoms with E-state index in [1.54, 1.807) is 0 Å². The third-order valence-corrected chi connectivity index (χ3v) is 8.92. The minimum Gasteiger partial charge on any atom is -0.379 e. The average molecular weight is 691 g/mol. The van der Waals surface area contributed by atoms with Gasteiger partial charge >= 0.3 is 0 Å². The molecule has 5 atom stereocenters. The number of aromatic nitrogens is 1. The van der Waals surface area contributed by atoms with Crippen molar-refractivity contribution in [1.82, 2.24) is 4.98 Å². The van der Waals surface area contributed by atoms with Crippen molar-refractivity contribution in [1.29, 1.82) is 0 Å². The van der Waals surface area contributed by atoms with E-state index in [-0.39, 0.29) is 6.61 Å².